The highest BCUT2D eigenvalue weighted by atomic mass is 35.5. The lowest BCUT2D eigenvalue weighted by Crippen LogP contribution is -2.45. The van der Waals surface area contributed by atoms with E-state index in [9.17, 15) is 13.2 Å². The van der Waals surface area contributed by atoms with Crippen molar-refractivity contribution in [2.45, 2.75) is 12.0 Å². The molecule has 1 amide bonds. The van der Waals surface area contributed by atoms with Crippen molar-refractivity contribution < 1.29 is 22.7 Å². The first-order chi connectivity index (χ1) is 14.7. The molecule has 0 saturated carbocycles. The van der Waals surface area contributed by atoms with Gasteiger partial charge >= 0.3 is 0 Å². The number of ether oxygens (including phenoxy) is 2. The Kier molecular flexibility index (Phi) is 5.50. The molecule has 0 unspecified atom stereocenters. The van der Waals surface area contributed by atoms with Crippen molar-refractivity contribution in [2.24, 2.45) is 0 Å². The number of hydrogen-bond donors (Lipinski definition) is 2. The van der Waals surface area contributed by atoms with Crippen LogP contribution in [0.25, 0.3) is 10.8 Å². The van der Waals surface area contributed by atoms with Gasteiger partial charge in [-0.2, -0.15) is 0 Å². The van der Waals surface area contributed by atoms with Gasteiger partial charge in [0.1, 0.15) is 5.75 Å². The summed E-state index contributed by atoms with van der Waals surface area (Å²) in [4.78, 5) is 17.7. The first-order valence-corrected chi connectivity index (χ1v) is 11.6. The molecule has 0 spiro atoms. The van der Waals surface area contributed by atoms with Gasteiger partial charge in [0.15, 0.2) is 5.60 Å². The van der Waals surface area contributed by atoms with Crippen LogP contribution in [0, 0.1) is 0 Å². The number of rotatable bonds is 5. The Morgan fingerprint density at radius 2 is 2.03 bits per heavy atom. The fraction of sp³-hybridized carbons (Fsp3) is 0.238. The van der Waals surface area contributed by atoms with E-state index in [4.69, 9.17) is 21.1 Å². The predicted octanol–water partition coefficient (Wildman–Crippen LogP) is 3.52. The van der Waals surface area contributed by atoms with Crippen LogP contribution in [0.4, 0.5) is 11.4 Å². The molecule has 0 bridgehead atoms. The summed E-state index contributed by atoms with van der Waals surface area (Å²) in [5.74, 6) is 0.126. The molecule has 0 radical (unpaired) electrons. The number of carbonyl (C=O) groups is 1. The van der Waals surface area contributed by atoms with Crippen molar-refractivity contribution in [3.8, 4) is 5.75 Å². The number of sulfonamides is 1. The lowest BCUT2D eigenvalue weighted by atomic mass is 9.86. The van der Waals surface area contributed by atoms with E-state index in [-0.39, 0.29) is 0 Å². The number of carbonyl (C=O) groups excluding carboxylic acids is 1. The Bertz CT molecular complexity index is 1280. The number of nitrogens with zero attached hydrogens (tertiary/aromatic N) is 1. The van der Waals surface area contributed by atoms with Crippen LogP contribution < -0.4 is 14.8 Å². The normalized spacial score (nSPS) is 18.2. The Morgan fingerprint density at radius 1 is 1.23 bits per heavy atom. The molecule has 4 rings (SSSR count). The highest BCUT2D eigenvalue weighted by molar-refractivity contribution is 7.92. The van der Waals surface area contributed by atoms with Crippen LogP contribution in [-0.4, -0.2) is 39.3 Å². The third-order valence-corrected chi connectivity index (χ3v) is 5.96. The SMILES string of the molecule is CO[C@@]1(C(=O)Nc2cncc3ccc(NS(C)(=O)=O)cc23)CCOc2ccc(Cl)cc21. The summed E-state index contributed by atoms with van der Waals surface area (Å²) in [6.45, 7) is 0.298. The van der Waals surface area contributed by atoms with Crippen LogP contribution in [0.1, 0.15) is 12.0 Å². The van der Waals surface area contributed by atoms with Gasteiger partial charge in [-0.1, -0.05) is 17.7 Å². The van der Waals surface area contributed by atoms with Crippen molar-refractivity contribution >= 4 is 49.7 Å². The first kappa shape index (κ1) is 21.4. The molecule has 2 aromatic carbocycles. The number of anilines is 2. The maximum absolute atomic E-state index is 13.5. The molecule has 0 aliphatic carbocycles. The van der Waals surface area contributed by atoms with Gasteiger partial charge in [0.25, 0.3) is 5.91 Å². The number of hydrogen-bond acceptors (Lipinski definition) is 6. The minimum absolute atomic E-state index is 0.293. The van der Waals surface area contributed by atoms with Crippen LogP contribution >= 0.6 is 11.6 Å². The van der Waals surface area contributed by atoms with Crippen molar-refractivity contribution in [3.63, 3.8) is 0 Å². The monoisotopic (exact) mass is 461 g/mol. The fourth-order valence-corrected chi connectivity index (χ4v) is 4.42. The molecule has 10 heteroatoms. The van der Waals surface area contributed by atoms with E-state index in [2.05, 4.69) is 15.0 Å². The van der Waals surface area contributed by atoms with Gasteiger partial charge in [-0.15, -0.1) is 0 Å². The van der Waals surface area contributed by atoms with E-state index in [1.54, 1.807) is 42.6 Å². The standard InChI is InChI=1S/C21H20ClN3O5S/c1-29-21(7-8-30-19-6-4-14(22)9-17(19)21)20(26)24-18-12-23-11-13-3-5-15(10-16(13)18)25-31(2,27)28/h3-6,9-12,25H,7-8H2,1-2H3,(H,24,26)/t21-/m0/s1. The summed E-state index contributed by atoms with van der Waals surface area (Å²) in [5.41, 5.74) is 0.0369. The number of nitrogens with one attached hydrogen (secondary N) is 2. The Morgan fingerprint density at radius 3 is 2.77 bits per heavy atom. The maximum atomic E-state index is 13.5. The highest BCUT2D eigenvalue weighted by Crippen LogP contribution is 2.42. The lowest BCUT2D eigenvalue weighted by molar-refractivity contribution is -0.142. The van der Waals surface area contributed by atoms with Gasteiger partial charge in [0.05, 0.1) is 24.7 Å². The zero-order chi connectivity index (χ0) is 22.2. The molecule has 1 aliphatic heterocycles. The molecule has 0 saturated heterocycles. The third kappa shape index (κ3) is 4.16. The van der Waals surface area contributed by atoms with Crippen LogP contribution in [0.15, 0.2) is 48.8 Å². The van der Waals surface area contributed by atoms with Gasteiger partial charge in [-0.25, -0.2) is 8.42 Å². The van der Waals surface area contributed by atoms with E-state index < -0.39 is 21.5 Å². The third-order valence-electron chi connectivity index (χ3n) is 5.12. The zero-order valence-corrected chi connectivity index (χ0v) is 18.4. The van der Waals surface area contributed by atoms with Crippen molar-refractivity contribution in [3.05, 3.63) is 59.4 Å². The second kappa shape index (κ2) is 7.99. The summed E-state index contributed by atoms with van der Waals surface area (Å²) in [6, 6.07) is 10.1. The summed E-state index contributed by atoms with van der Waals surface area (Å²) in [5, 5.41) is 4.72. The van der Waals surface area contributed by atoms with Crippen LogP contribution in [0.3, 0.4) is 0 Å². The van der Waals surface area contributed by atoms with Gasteiger partial charge in [-0.05, 0) is 30.3 Å². The number of fused-ring (bicyclic) bond motifs is 2. The lowest BCUT2D eigenvalue weighted by Gasteiger charge is -2.36. The molecular weight excluding hydrogens is 442 g/mol. The predicted molar refractivity (Wildman–Crippen MR) is 119 cm³/mol. The number of methoxy groups -OCH3 is 1. The number of benzene rings is 2. The summed E-state index contributed by atoms with van der Waals surface area (Å²) >= 11 is 6.17. The molecular formula is C21H20ClN3O5S. The largest absolute Gasteiger partial charge is 0.493 e. The molecule has 1 aliphatic rings. The second-order valence-corrected chi connectivity index (χ2v) is 9.41. The van der Waals surface area contributed by atoms with E-state index in [1.165, 1.54) is 13.3 Å². The topological polar surface area (TPSA) is 107 Å². The number of pyridine rings is 1. The quantitative estimate of drug-likeness (QED) is 0.602. The maximum Gasteiger partial charge on any atom is 0.261 e. The van der Waals surface area contributed by atoms with E-state index in [0.29, 0.717) is 46.1 Å². The zero-order valence-electron chi connectivity index (χ0n) is 16.8. The van der Waals surface area contributed by atoms with E-state index >= 15 is 0 Å². The second-order valence-electron chi connectivity index (χ2n) is 7.22. The minimum atomic E-state index is -3.45. The Balaban J connectivity index is 1.75. The molecule has 3 aromatic rings. The van der Waals surface area contributed by atoms with E-state index in [1.807, 2.05) is 0 Å². The summed E-state index contributed by atoms with van der Waals surface area (Å²) in [7, 11) is -1.99. The van der Waals surface area contributed by atoms with Crippen molar-refractivity contribution in [1.82, 2.24) is 4.98 Å². The van der Waals surface area contributed by atoms with Gasteiger partial charge in [-0.3, -0.25) is 14.5 Å². The molecule has 2 heterocycles. The molecule has 1 aromatic heterocycles. The molecule has 162 valence electrons. The fourth-order valence-electron chi connectivity index (χ4n) is 3.69. The first-order valence-electron chi connectivity index (χ1n) is 9.37. The Labute approximate surface area is 184 Å². The smallest absolute Gasteiger partial charge is 0.261 e. The van der Waals surface area contributed by atoms with Crippen LogP contribution in [-0.2, 0) is 25.2 Å². The van der Waals surface area contributed by atoms with Gasteiger partial charge in [0.2, 0.25) is 10.0 Å². The van der Waals surface area contributed by atoms with E-state index in [0.717, 1.165) is 11.6 Å². The number of halogens is 1. The van der Waals surface area contributed by atoms with Crippen molar-refractivity contribution in [1.29, 1.82) is 0 Å². The molecule has 0 fully saturated rings. The summed E-state index contributed by atoms with van der Waals surface area (Å²) in [6.07, 6.45) is 4.50. The van der Waals surface area contributed by atoms with Gasteiger partial charge < -0.3 is 14.8 Å². The molecule has 8 nitrogen and oxygen atoms in total. The molecule has 1 atom stereocenters. The number of amides is 1. The average Bonchev–Trinajstić information content (AvgIpc) is 2.72. The number of aromatic nitrogens is 1. The Hall–Kier alpha value is -2.88. The average molecular weight is 462 g/mol. The highest BCUT2D eigenvalue weighted by Gasteiger charge is 2.45. The van der Waals surface area contributed by atoms with Crippen LogP contribution in [0.5, 0.6) is 5.75 Å². The van der Waals surface area contributed by atoms with Gasteiger partial charge in [0, 0.05) is 46.8 Å². The molecule has 31 heavy (non-hydrogen) atoms. The minimum Gasteiger partial charge on any atom is -0.493 e. The summed E-state index contributed by atoms with van der Waals surface area (Å²) < 4.78 is 37.0. The van der Waals surface area contributed by atoms with Crippen molar-refractivity contribution in [2.75, 3.05) is 30.0 Å². The molecule has 2 N–H and O–H groups in total. The van der Waals surface area contributed by atoms with Crippen LogP contribution in [0.2, 0.25) is 5.02 Å².